The van der Waals surface area contributed by atoms with Crippen molar-refractivity contribution in [1.82, 2.24) is 9.99 Å². The number of aromatic nitrogens is 1. The molecule has 0 bridgehead atoms. The lowest BCUT2D eigenvalue weighted by atomic mass is 10.1. The number of phenolic OH excluding ortho intramolecular Hbond substituents is 1. The maximum absolute atomic E-state index is 12.6. The van der Waals surface area contributed by atoms with Gasteiger partial charge in [-0.1, -0.05) is 30.3 Å². The molecule has 0 atom stereocenters. The number of phenols is 1. The highest BCUT2D eigenvalue weighted by Gasteiger charge is 2.11. The summed E-state index contributed by atoms with van der Waals surface area (Å²) < 4.78 is 2.17. The summed E-state index contributed by atoms with van der Waals surface area (Å²) in [7, 11) is 0. The Balaban J connectivity index is 1.45. The molecule has 0 aliphatic heterocycles. The molecule has 0 saturated heterocycles. The van der Waals surface area contributed by atoms with Crippen molar-refractivity contribution < 1.29 is 9.90 Å². The number of nitrogens with zero attached hydrogens (tertiary/aromatic N) is 3. The smallest absolute Gasteiger partial charge is 0.271 e. The molecule has 1 aromatic heterocycles. The normalized spacial score (nSPS) is 11.1. The summed E-state index contributed by atoms with van der Waals surface area (Å²) in [5.74, 6) is -0.201. The molecule has 4 rings (SSSR count). The van der Waals surface area contributed by atoms with Gasteiger partial charge >= 0.3 is 0 Å². The second kappa shape index (κ2) is 10.7. The highest BCUT2D eigenvalue weighted by Crippen LogP contribution is 2.27. The van der Waals surface area contributed by atoms with Crippen LogP contribution < -0.4 is 10.3 Å². The number of hydrogen-bond donors (Lipinski definition) is 2. The van der Waals surface area contributed by atoms with Gasteiger partial charge < -0.3 is 14.6 Å². The second-order valence-corrected chi connectivity index (χ2v) is 8.22. The van der Waals surface area contributed by atoms with Gasteiger partial charge in [0.25, 0.3) is 5.91 Å². The molecule has 4 aromatic rings. The summed E-state index contributed by atoms with van der Waals surface area (Å²) in [6.07, 6.45) is 1.45. The van der Waals surface area contributed by atoms with Crippen LogP contribution in [0.4, 0.5) is 5.69 Å². The van der Waals surface area contributed by atoms with Crippen molar-refractivity contribution in [3.05, 3.63) is 102 Å². The molecule has 3 aromatic carbocycles. The Morgan fingerprint density at radius 2 is 1.69 bits per heavy atom. The Morgan fingerprint density at radius 1 is 0.971 bits per heavy atom. The molecule has 0 unspecified atom stereocenters. The van der Waals surface area contributed by atoms with Crippen LogP contribution in [0, 0.1) is 6.92 Å². The van der Waals surface area contributed by atoms with Gasteiger partial charge in [0, 0.05) is 47.4 Å². The van der Waals surface area contributed by atoms with Crippen molar-refractivity contribution in [1.29, 1.82) is 0 Å². The molecule has 6 heteroatoms. The van der Waals surface area contributed by atoms with E-state index in [4.69, 9.17) is 0 Å². The van der Waals surface area contributed by atoms with E-state index in [2.05, 4.69) is 65.0 Å². The highest BCUT2D eigenvalue weighted by atomic mass is 16.3. The molecule has 1 amide bonds. The van der Waals surface area contributed by atoms with E-state index in [-0.39, 0.29) is 11.7 Å². The average molecular weight is 467 g/mol. The summed E-state index contributed by atoms with van der Waals surface area (Å²) in [6, 6.07) is 27.2. The molecule has 35 heavy (non-hydrogen) atoms. The maximum atomic E-state index is 12.6. The van der Waals surface area contributed by atoms with Crippen LogP contribution >= 0.6 is 0 Å². The number of amides is 1. The quantitative estimate of drug-likeness (QED) is 0.256. The topological polar surface area (TPSA) is 69.9 Å². The lowest BCUT2D eigenvalue weighted by Gasteiger charge is -2.21. The van der Waals surface area contributed by atoms with Crippen LogP contribution in [0.15, 0.2) is 90.0 Å². The summed E-state index contributed by atoms with van der Waals surface area (Å²) >= 11 is 0. The van der Waals surface area contributed by atoms with E-state index in [0.29, 0.717) is 11.1 Å². The number of carbonyl (C=O) groups excluding carboxylic acids is 1. The van der Waals surface area contributed by atoms with Crippen LogP contribution in [0.5, 0.6) is 5.75 Å². The van der Waals surface area contributed by atoms with Crippen LogP contribution in [-0.2, 0) is 0 Å². The first kappa shape index (κ1) is 23.8. The minimum atomic E-state index is -0.320. The maximum Gasteiger partial charge on any atom is 0.271 e. The number of aryl methyl sites for hydroxylation is 1. The van der Waals surface area contributed by atoms with Gasteiger partial charge in [0.2, 0.25) is 0 Å². The van der Waals surface area contributed by atoms with Gasteiger partial charge in [-0.2, -0.15) is 5.10 Å². The Bertz CT molecular complexity index is 1320. The van der Waals surface area contributed by atoms with Crippen LogP contribution in [0.2, 0.25) is 0 Å². The first-order valence-corrected chi connectivity index (χ1v) is 11.8. The molecule has 0 fully saturated rings. The monoisotopic (exact) mass is 466 g/mol. The van der Waals surface area contributed by atoms with Gasteiger partial charge in [0.15, 0.2) is 0 Å². The van der Waals surface area contributed by atoms with Crippen molar-refractivity contribution in [3.8, 4) is 22.7 Å². The Morgan fingerprint density at radius 3 is 2.34 bits per heavy atom. The largest absolute Gasteiger partial charge is 0.507 e. The SMILES string of the molecule is CCN(CC)c1ccc(C=NNC(=O)c2ccc(-n3c(C)ccc3-c3ccccc3)cc2)c(O)c1. The number of benzene rings is 3. The van der Waals surface area contributed by atoms with Crippen molar-refractivity contribution in [2.45, 2.75) is 20.8 Å². The minimum absolute atomic E-state index is 0.119. The van der Waals surface area contributed by atoms with Gasteiger partial charge in [0.1, 0.15) is 5.75 Å². The van der Waals surface area contributed by atoms with E-state index in [1.807, 2.05) is 36.4 Å². The Kier molecular flexibility index (Phi) is 7.31. The summed E-state index contributed by atoms with van der Waals surface area (Å²) in [6.45, 7) is 7.91. The van der Waals surface area contributed by atoms with E-state index >= 15 is 0 Å². The third-order valence-corrected chi connectivity index (χ3v) is 6.05. The number of hydrogen-bond acceptors (Lipinski definition) is 4. The zero-order valence-corrected chi connectivity index (χ0v) is 20.3. The lowest BCUT2D eigenvalue weighted by Crippen LogP contribution is -2.21. The number of nitrogens with one attached hydrogen (secondary N) is 1. The van der Waals surface area contributed by atoms with Gasteiger partial charge in [-0.25, -0.2) is 5.43 Å². The molecule has 2 N–H and O–H groups in total. The number of carbonyl (C=O) groups is 1. The Labute approximate surface area is 206 Å². The molecule has 0 spiro atoms. The van der Waals surface area contributed by atoms with Crippen LogP contribution in [-0.4, -0.2) is 34.9 Å². The molecule has 0 saturated carbocycles. The van der Waals surface area contributed by atoms with Crippen molar-refractivity contribution in [2.75, 3.05) is 18.0 Å². The first-order chi connectivity index (χ1) is 17.0. The molecule has 0 radical (unpaired) electrons. The van der Waals surface area contributed by atoms with Crippen molar-refractivity contribution in [3.63, 3.8) is 0 Å². The second-order valence-electron chi connectivity index (χ2n) is 8.22. The van der Waals surface area contributed by atoms with E-state index in [0.717, 1.165) is 41.4 Å². The van der Waals surface area contributed by atoms with Gasteiger partial charge in [-0.05, 0) is 74.9 Å². The number of aromatic hydroxyl groups is 1. The number of hydrazone groups is 1. The van der Waals surface area contributed by atoms with Gasteiger partial charge in [-0.3, -0.25) is 4.79 Å². The van der Waals surface area contributed by atoms with Crippen molar-refractivity contribution in [2.24, 2.45) is 5.10 Å². The van der Waals surface area contributed by atoms with Crippen LogP contribution in [0.3, 0.4) is 0 Å². The zero-order chi connectivity index (χ0) is 24.8. The minimum Gasteiger partial charge on any atom is -0.507 e. The van der Waals surface area contributed by atoms with Gasteiger partial charge in [-0.15, -0.1) is 0 Å². The Hall–Kier alpha value is -4.32. The highest BCUT2D eigenvalue weighted by molar-refractivity contribution is 5.95. The molecule has 6 nitrogen and oxygen atoms in total. The standard InChI is InChI=1S/C29H30N4O2/c1-4-32(5-2)26-17-14-24(28(34)19-26)20-30-31-29(35)23-12-15-25(16-13-23)33-21(3)11-18-27(33)22-9-7-6-8-10-22/h6-20,34H,4-5H2,1-3H3,(H,31,35). The van der Waals surface area contributed by atoms with E-state index in [1.165, 1.54) is 6.21 Å². The van der Waals surface area contributed by atoms with E-state index in [9.17, 15) is 9.90 Å². The van der Waals surface area contributed by atoms with E-state index in [1.54, 1.807) is 24.3 Å². The van der Waals surface area contributed by atoms with Crippen LogP contribution in [0.1, 0.15) is 35.5 Å². The number of rotatable bonds is 8. The molecule has 1 heterocycles. The predicted molar refractivity (Wildman–Crippen MR) is 143 cm³/mol. The summed E-state index contributed by atoms with van der Waals surface area (Å²) in [5.41, 5.74) is 8.83. The van der Waals surface area contributed by atoms with E-state index < -0.39 is 0 Å². The fourth-order valence-corrected chi connectivity index (χ4v) is 4.13. The molecular weight excluding hydrogens is 436 g/mol. The molecule has 178 valence electrons. The molecular formula is C29H30N4O2. The average Bonchev–Trinajstić information content (AvgIpc) is 3.28. The lowest BCUT2D eigenvalue weighted by molar-refractivity contribution is 0.0955. The predicted octanol–water partition coefficient (Wildman–Crippen LogP) is 5.77. The first-order valence-electron chi connectivity index (χ1n) is 11.8. The number of anilines is 1. The zero-order valence-electron chi connectivity index (χ0n) is 20.3. The van der Waals surface area contributed by atoms with Gasteiger partial charge in [0.05, 0.1) is 11.9 Å². The molecule has 0 aliphatic carbocycles. The van der Waals surface area contributed by atoms with Crippen molar-refractivity contribution >= 4 is 17.8 Å². The fraction of sp³-hybridized carbons (Fsp3) is 0.172. The third-order valence-electron chi connectivity index (χ3n) is 6.05. The fourth-order valence-electron chi connectivity index (χ4n) is 4.13. The summed E-state index contributed by atoms with van der Waals surface area (Å²) in [5, 5.41) is 14.4. The molecule has 0 aliphatic rings. The summed E-state index contributed by atoms with van der Waals surface area (Å²) in [4.78, 5) is 14.7. The van der Waals surface area contributed by atoms with Crippen LogP contribution in [0.25, 0.3) is 16.9 Å². The third kappa shape index (κ3) is 5.27.